The molecule has 0 spiro atoms. The van der Waals surface area contributed by atoms with E-state index in [1.807, 2.05) is 12.1 Å². The molecule has 0 aliphatic rings. The number of H-pyrrole nitrogens is 1. The Morgan fingerprint density at radius 3 is 2.56 bits per heavy atom. The van der Waals surface area contributed by atoms with Crippen molar-refractivity contribution in [3.63, 3.8) is 0 Å². The highest BCUT2D eigenvalue weighted by molar-refractivity contribution is 5.87. The summed E-state index contributed by atoms with van der Waals surface area (Å²) >= 11 is 0. The van der Waals surface area contributed by atoms with Gasteiger partial charge in [-0.15, -0.1) is 0 Å². The summed E-state index contributed by atoms with van der Waals surface area (Å²) in [5.41, 5.74) is 7.91. The number of rotatable bonds is 4. The molecule has 0 fully saturated rings. The molecule has 2 heterocycles. The van der Waals surface area contributed by atoms with E-state index in [9.17, 15) is 0 Å². The number of ether oxygens (including phenoxy) is 3. The highest BCUT2D eigenvalue weighted by atomic mass is 16.5. The van der Waals surface area contributed by atoms with Gasteiger partial charge < -0.3 is 24.9 Å². The third kappa shape index (κ3) is 2.63. The summed E-state index contributed by atoms with van der Waals surface area (Å²) in [4.78, 5) is 15.6. The van der Waals surface area contributed by atoms with Crippen molar-refractivity contribution in [2.45, 2.75) is 0 Å². The minimum atomic E-state index is 0.358. The van der Waals surface area contributed by atoms with E-state index >= 15 is 0 Å². The van der Waals surface area contributed by atoms with Gasteiger partial charge in [-0.1, -0.05) is 0 Å². The first-order valence-electron chi connectivity index (χ1n) is 7.48. The lowest BCUT2D eigenvalue weighted by molar-refractivity contribution is 0.355. The second-order valence-electron chi connectivity index (χ2n) is 5.31. The average Bonchev–Trinajstić information content (AvgIpc) is 3.00. The summed E-state index contributed by atoms with van der Waals surface area (Å²) < 4.78 is 16.6. The van der Waals surface area contributed by atoms with E-state index in [2.05, 4.69) is 19.9 Å². The van der Waals surface area contributed by atoms with Crippen molar-refractivity contribution in [1.82, 2.24) is 19.9 Å². The van der Waals surface area contributed by atoms with E-state index in [0.717, 1.165) is 11.0 Å². The van der Waals surface area contributed by atoms with Crippen LogP contribution in [0.3, 0.4) is 0 Å². The molecule has 0 bridgehead atoms. The predicted molar refractivity (Wildman–Crippen MR) is 93.2 cm³/mol. The molecule has 25 heavy (non-hydrogen) atoms. The first-order chi connectivity index (χ1) is 12.2. The summed E-state index contributed by atoms with van der Waals surface area (Å²) in [6, 6.07) is 9.01. The van der Waals surface area contributed by atoms with Gasteiger partial charge in [-0.25, -0.2) is 15.0 Å². The van der Waals surface area contributed by atoms with E-state index in [1.54, 1.807) is 32.4 Å². The van der Waals surface area contributed by atoms with Gasteiger partial charge in [0.25, 0.3) is 0 Å². The predicted octanol–water partition coefficient (Wildman–Crippen LogP) is 2.90. The Morgan fingerprint density at radius 1 is 0.960 bits per heavy atom. The minimum Gasteiger partial charge on any atom is -0.493 e. The van der Waals surface area contributed by atoms with E-state index in [1.165, 1.54) is 6.33 Å². The smallest absolute Gasteiger partial charge is 0.230 e. The average molecular weight is 337 g/mol. The summed E-state index contributed by atoms with van der Waals surface area (Å²) in [6.07, 6.45) is 1.44. The zero-order valence-corrected chi connectivity index (χ0v) is 13.6. The van der Waals surface area contributed by atoms with Crippen molar-refractivity contribution < 1.29 is 14.2 Å². The number of nitrogens with one attached hydrogen (secondary N) is 1. The van der Waals surface area contributed by atoms with Crippen LogP contribution in [0.4, 0.5) is 5.95 Å². The highest BCUT2D eigenvalue weighted by Gasteiger charge is 2.13. The molecule has 0 aliphatic carbocycles. The molecule has 126 valence electrons. The first kappa shape index (κ1) is 15.0. The Kier molecular flexibility index (Phi) is 3.50. The summed E-state index contributed by atoms with van der Waals surface area (Å²) in [7, 11) is 3.15. The maximum Gasteiger partial charge on any atom is 0.230 e. The molecule has 0 saturated carbocycles. The number of nitrogens with two attached hydrogens (primary N) is 1. The lowest BCUT2D eigenvalue weighted by Gasteiger charge is -2.11. The van der Waals surface area contributed by atoms with Gasteiger partial charge in [0, 0.05) is 12.1 Å². The lowest BCUT2D eigenvalue weighted by Crippen LogP contribution is -1.95. The Balaban J connectivity index is 1.79. The molecule has 0 atom stereocenters. The van der Waals surface area contributed by atoms with E-state index in [4.69, 9.17) is 19.9 Å². The van der Waals surface area contributed by atoms with Gasteiger partial charge in [-0.2, -0.15) is 0 Å². The second-order valence-corrected chi connectivity index (χ2v) is 5.31. The number of hydrogen-bond donors (Lipinski definition) is 2. The second kappa shape index (κ2) is 5.82. The monoisotopic (exact) mass is 337 g/mol. The number of aromatic amines is 1. The Hall–Kier alpha value is -3.55. The highest BCUT2D eigenvalue weighted by Crippen LogP contribution is 2.36. The van der Waals surface area contributed by atoms with Crippen LogP contribution in [-0.4, -0.2) is 34.2 Å². The quantitative estimate of drug-likeness (QED) is 0.589. The minimum absolute atomic E-state index is 0.358. The molecule has 0 aliphatic heterocycles. The number of benzene rings is 2. The summed E-state index contributed by atoms with van der Waals surface area (Å²) in [5, 5.41) is 0.712. The maximum atomic E-state index is 5.95. The molecular weight excluding hydrogens is 322 g/mol. The number of nitrogens with zero attached hydrogens (tertiary/aromatic N) is 3. The van der Waals surface area contributed by atoms with Crippen molar-refractivity contribution in [3.05, 3.63) is 36.7 Å². The van der Waals surface area contributed by atoms with Crippen LogP contribution >= 0.6 is 0 Å². The topological polar surface area (TPSA) is 108 Å². The Morgan fingerprint density at radius 2 is 1.76 bits per heavy atom. The van der Waals surface area contributed by atoms with Gasteiger partial charge in [-0.05, 0) is 18.2 Å². The van der Waals surface area contributed by atoms with Crippen LogP contribution in [-0.2, 0) is 0 Å². The molecule has 4 rings (SSSR count). The van der Waals surface area contributed by atoms with Crippen LogP contribution in [0, 0.1) is 0 Å². The zero-order chi connectivity index (χ0) is 17.4. The SMILES string of the molecule is COc1cc2ncnc(Oc3ccc4nc(N)[nH]c4c3)c2cc1OC. The molecule has 0 saturated heterocycles. The van der Waals surface area contributed by atoms with Crippen molar-refractivity contribution in [2.24, 2.45) is 0 Å². The molecule has 2 aromatic carbocycles. The van der Waals surface area contributed by atoms with Crippen LogP contribution in [0.25, 0.3) is 21.9 Å². The maximum absolute atomic E-state index is 5.95. The van der Waals surface area contributed by atoms with Crippen molar-refractivity contribution in [1.29, 1.82) is 0 Å². The van der Waals surface area contributed by atoms with Crippen LogP contribution in [0.1, 0.15) is 0 Å². The van der Waals surface area contributed by atoms with Crippen LogP contribution in [0.15, 0.2) is 36.7 Å². The van der Waals surface area contributed by atoms with E-state index in [0.29, 0.717) is 40.0 Å². The molecule has 0 unspecified atom stereocenters. The normalized spacial score (nSPS) is 11.0. The molecule has 3 N–H and O–H groups in total. The number of anilines is 1. The lowest BCUT2D eigenvalue weighted by atomic mass is 10.2. The first-order valence-corrected chi connectivity index (χ1v) is 7.48. The van der Waals surface area contributed by atoms with Gasteiger partial charge in [0.15, 0.2) is 17.4 Å². The Bertz CT molecular complexity index is 1080. The van der Waals surface area contributed by atoms with Gasteiger partial charge >= 0.3 is 0 Å². The third-order valence-corrected chi connectivity index (χ3v) is 3.79. The molecular formula is C17H15N5O3. The number of imidazole rings is 1. The standard InChI is InChI=1S/C17H15N5O3/c1-23-14-6-10-12(7-15(14)24-2)19-8-20-16(10)25-9-3-4-11-13(5-9)22-17(18)21-11/h3-8H,1-2H3,(H3,18,21,22). The number of hydrogen-bond acceptors (Lipinski definition) is 7. The van der Waals surface area contributed by atoms with Gasteiger partial charge in [0.2, 0.25) is 5.88 Å². The number of methoxy groups -OCH3 is 2. The molecule has 0 amide bonds. The number of fused-ring (bicyclic) bond motifs is 2. The Labute approximate surface area is 142 Å². The van der Waals surface area contributed by atoms with E-state index < -0.39 is 0 Å². The van der Waals surface area contributed by atoms with Crippen LogP contribution < -0.4 is 19.9 Å². The van der Waals surface area contributed by atoms with Gasteiger partial charge in [0.05, 0.1) is 36.2 Å². The fourth-order valence-corrected chi connectivity index (χ4v) is 2.62. The number of aromatic nitrogens is 4. The van der Waals surface area contributed by atoms with Crippen molar-refractivity contribution in [2.75, 3.05) is 20.0 Å². The van der Waals surface area contributed by atoms with E-state index in [-0.39, 0.29) is 0 Å². The van der Waals surface area contributed by atoms with Gasteiger partial charge in [0.1, 0.15) is 12.1 Å². The van der Waals surface area contributed by atoms with Gasteiger partial charge in [-0.3, -0.25) is 0 Å². The molecule has 4 aromatic rings. The third-order valence-electron chi connectivity index (χ3n) is 3.79. The largest absolute Gasteiger partial charge is 0.493 e. The van der Waals surface area contributed by atoms with Crippen LogP contribution in [0.5, 0.6) is 23.1 Å². The molecule has 2 aromatic heterocycles. The fraction of sp³-hybridized carbons (Fsp3) is 0.118. The number of nitrogen functional groups attached to an aromatic ring is 1. The molecule has 8 nitrogen and oxygen atoms in total. The van der Waals surface area contributed by atoms with Crippen molar-refractivity contribution in [3.8, 4) is 23.1 Å². The van der Waals surface area contributed by atoms with Crippen LogP contribution in [0.2, 0.25) is 0 Å². The van der Waals surface area contributed by atoms with Crippen molar-refractivity contribution >= 4 is 27.9 Å². The zero-order valence-electron chi connectivity index (χ0n) is 13.6. The molecule has 8 heteroatoms. The molecule has 0 radical (unpaired) electrons. The summed E-state index contributed by atoms with van der Waals surface area (Å²) in [6.45, 7) is 0. The summed E-state index contributed by atoms with van der Waals surface area (Å²) in [5.74, 6) is 2.54. The fourth-order valence-electron chi connectivity index (χ4n) is 2.62.